The summed E-state index contributed by atoms with van der Waals surface area (Å²) in [5.41, 5.74) is -0.720. The van der Waals surface area contributed by atoms with E-state index in [0.717, 1.165) is 4.90 Å². The van der Waals surface area contributed by atoms with Crippen LogP contribution in [0.15, 0.2) is 12.4 Å². The quantitative estimate of drug-likeness (QED) is 0.856. The lowest BCUT2D eigenvalue weighted by Crippen LogP contribution is -2.38. The highest BCUT2D eigenvalue weighted by Crippen LogP contribution is 2.40. The van der Waals surface area contributed by atoms with Gasteiger partial charge in [0.25, 0.3) is 5.92 Å². The van der Waals surface area contributed by atoms with E-state index in [0.29, 0.717) is 5.82 Å². The number of H-pyrrole nitrogens is 1. The monoisotopic (exact) mass is 273 g/mol. The second-order valence-corrected chi connectivity index (χ2v) is 5.66. The van der Waals surface area contributed by atoms with E-state index in [1.165, 1.54) is 6.20 Å². The summed E-state index contributed by atoms with van der Waals surface area (Å²) < 4.78 is 32.2. The van der Waals surface area contributed by atoms with Crippen molar-refractivity contribution in [2.75, 3.05) is 6.54 Å². The number of alkyl halides is 2. The van der Waals surface area contributed by atoms with Gasteiger partial charge in [-0.05, 0) is 20.8 Å². The van der Waals surface area contributed by atoms with Gasteiger partial charge in [0.1, 0.15) is 11.4 Å². The highest BCUT2D eigenvalue weighted by Gasteiger charge is 2.49. The summed E-state index contributed by atoms with van der Waals surface area (Å²) in [6.45, 7) is 4.44. The lowest BCUT2D eigenvalue weighted by atomic mass is 10.2. The molecule has 0 aliphatic carbocycles. The van der Waals surface area contributed by atoms with Crippen LogP contribution in [0.1, 0.15) is 39.1 Å². The first kappa shape index (κ1) is 13.8. The molecule has 0 aromatic carbocycles. The molecular weight excluding hydrogens is 256 g/mol. The number of aromatic amines is 1. The Morgan fingerprint density at radius 1 is 1.58 bits per heavy atom. The van der Waals surface area contributed by atoms with Crippen LogP contribution >= 0.6 is 0 Å². The van der Waals surface area contributed by atoms with Gasteiger partial charge < -0.3 is 9.72 Å². The Morgan fingerprint density at radius 3 is 2.79 bits per heavy atom. The first-order chi connectivity index (χ1) is 8.68. The standard InChI is InChI=1S/C12H17F2N3O2/c1-11(2,3)19-10(18)17-7-12(13,14)6-8(17)9-15-4-5-16-9/h4-5,8H,6-7H2,1-3H3,(H,15,16)/t8-/m0/s1. The average Bonchev–Trinajstić information content (AvgIpc) is 2.81. The van der Waals surface area contributed by atoms with Crippen LogP contribution in [-0.2, 0) is 4.74 Å². The van der Waals surface area contributed by atoms with Crippen LogP contribution in [0.2, 0.25) is 0 Å². The summed E-state index contributed by atoms with van der Waals surface area (Å²) in [5, 5.41) is 0. The second-order valence-electron chi connectivity index (χ2n) is 5.66. The van der Waals surface area contributed by atoms with E-state index in [9.17, 15) is 13.6 Å². The molecule has 1 atom stereocenters. The number of imidazole rings is 1. The van der Waals surface area contributed by atoms with Crippen LogP contribution in [0.5, 0.6) is 0 Å². The van der Waals surface area contributed by atoms with E-state index in [2.05, 4.69) is 9.97 Å². The van der Waals surface area contributed by atoms with Crippen molar-refractivity contribution in [3.8, 4) is 0 Å². The number of ether oxygens (including phenoxy) is 1. The normalized spacial score (nSPS) is 22.6. The summed E-state index contributed by atoms with van der Waals surface area (Å²) in [7, 11) is 0. The van der Waals surface area contributed by atoms with E-state index in [-0.39, 0.29) is 0 Å². The number of halogens is 2. The number of nitrogens with zero attached hydrogens (tertiary/aromatic N) is 2. The third-order valence-corrected chi connectivity index (χ3v) is 2.73. The van der Waals surface area contributed by atoms with Crippen molar-refractivity contribution < 1.29 is 18.3 Å². The van der Waals surface area contributed by atoms with Gasteiger partial charge in [-0.1, -0.05) is 0 Å². The minimum atomic E-state index is -2.92. The van der Waals surface area contributed by atoms with Crippen molar-refractivity contribution >= 4 is 6.09 Å². The Labute approximate surface area is 110 Å². The van der Waals surface area contributed by atoms with Crippen molar-refractivity contribution in [2.45, 2.75) is 44.8 Å². The van der Waals surface area contributed by atoms with E-state index >= 15 is 0 Å². The van der Waals surface area contributed by atoms with Crippen LogP contribution in [0.4, 0.5) is 13.6 Å². The van der Waals surface area contributed by atoms with Gasteiger partial charge >= 0.3 is 6.09 Å². The van der Waals surface area contributed by atoms with Gasteiger partial charge in [-0.25, -0.2) is 18.6 Å². The van der Waals surface area contributed by atoms with Gasteiger partial charge in [0.2, 0.25) is 0 Å². The highest BCUT2D eigenvalue weighted by atomic mass is 19.3. The molecular formula is C12H17F2N3O2. The van der Waals surface area contributed by atoms with Crippen LogP contribution in [0.3, 0.4) is 0 Å². The zero-order valence-electron chi connectivity index (χ0n) is 11.1. The molecule has 1 aromatic heterocycles. The minimum Gasteiger partial charge on any atom is -0.444 e. The van der Waals surface area contributed by atoms with Crippen molar-refractivity contribution in [3.63, 3.8) is 0 Å². The topological polar surface area (TPSA) is 58.2 Å². The molecule has 1 aliphatic heterocycles. The fraction of sp³-hybridized carbons (Fsp3) is 0.667. The lowest BCUT2D eigenvalue weighted by Gasteiger charge is -2.27. The van der Waals surface area contributed by atoms with Crippen molar-refractivity contribution in [3.05, 3.63) is 18.2 Å². The minimum absolute atomic E-state index is 0.350. The molecule has 1 aromatic rings. The Bertz CT molecular complexity index is 454. The number of hydrogen-bond donors (Lipinski definition) is 1. The number of amides is 1. The molecule has 7 heteroatoms. The van der Waals surface area contributed by atoms with Crippen LogP contribution < -0.4 is 0 Å². The van der Waals surface area contributed by atoms with Gasteiger partial charge in [0.05, 0.1) is 12.6 Å². The highest BCUT2D eigenvalue weighted by molar-refractivity contribution is 5.69. The zero-order valence-corrected chi connectivity index (χ0v) is 11.1. The molecule has 19 heavy (non-hydrogen) atoms. The van der Waals surface area contributed by atoms with E-state index in [1.54, 1.807) is 27.0 Å². The van der Waals surface area contributed by atoms with Crippen LogP contribution in [-0.4, -0.2) is 39.0 Å². The van der Waals surface area contributed by atoms with E-state index < -0.39 is 36.6 Å². The van der Waals surface area contributed by atoms with Gasteiger partial charge in [-0.2, -0.15) is 0 Å². The molecule has 1 amide bonds. The first-order valence-electron chi connectivity index (χ1n) is 6.05. The fourth-order valence-electron chi connectivity index (χ4n) is 2.03. The molecule has 2 heterocycles. The second kappa shape index (κ2) is 4.47. The molecule has 0 unspecified atom stereocenters. The molecule has 106 valence electrons. The molecule has 1 fully saturated rings. The number of rotatable bonds is 1. The predicted molar refractivity (Wildman–Crippen MR) is 63.8 cm³/mol. The summed E-state index contributed by atoms with van der Waals surface area (Å²) in [4.78, 5) is 19.7. The summed E-state index contributed by atoms with van der Waals surface area (Å²) >= 11 is 0. The van der Waals surface area contributed by atoms with Gasteiger partial charge in [0, 0.05) is 18.8 Å². The number of aromatic nitrogens is 2. The SMILES string of the molecule is CC(C)(C)OC(=O)N1CC(F)(F)C[C@H]1c1ncc[nH]1. The molecule has 0 spiro atoms. The Morgan fingerprint density at radius 2 is 2.26 bits per heavy atom. The first-order valence-corrected chi connectivity index (χ1v) is 6.05. The fourth-order valence-corrected chi connectivity index (χ4v) is 2.03. The van der Waals surface area contributed by atoms with Gasteiger partial charge in [-0.15, -0.1) is 0 Å². The third-order valence-electron chi connectivity index (χ3n) is 2.73. The van der Waals surface area contributed by atoms with E-state index in [1.807, 2.05) is 0 Å². The largest absolute Gasteiger partial charge is 0.444 e. The van der Waals surface area contributed by atoms with Crippen molar-refractivity contribution in [1.29, 1.82) is 0 Å². The van der Waals surface area contributed by atoms with Crippen LogP contribution in [0.25, 0.3) is 0 Å². The molecule has 1 aliphatic rings. The number of nitrogens with one attached hydrogen (secondary N) is 1. The van der Waals surface area contributed by atoms with Crippen molar-refractivity contribution in [1.82, 2.24) is 14.9 Å². The zero-order chi connectivity index (χ0) is 14.3. The summed E-state index contributed by atoms with van der Waals surface area (Å²) in [5.74, 6) is -2.57. The Balaban J connectivity index is 2.19. The molecule has 5 nitrogen and oxygen atoms in total. The molecule has 0 radical (unpaired) electrons. The smallest absolute Gasteiger partial charge is 0.411 e. The maximum absolute atomic E-state index is 13.5. The maximum Gasteiger partial charge on any atom is 0.411 e. The maximum atomic E-state index is 13.5. The summed E-state index contributed by atoms with van der Waals surface area (Å²) in [6, 6.07) is -0.778. The number of hydrogen-bond acceptors (Lipinski definition) is 3. The predicted octanol–water partition coefficient (Wildman–Crippen LogP) is 2.73. The van der Waals surface area contributed by atoms with Crippen LogP contribution in [0, 0.1) is 0 Å². The molecule has 1 saturated heterocycles. The Kier molecular flexibility index (Phi) is 3.24. The van der Waals surface area contributed by atoms with Gasteiger partial charge in [-0.3, -0.25) is 4.90 Å². The molecule has 0 saturated carbocycles. The number of carbonyl (C=O) groups excluding carboxylic acids is 1. The van der Waals surface area contributed by atoms with Crippen molar-refractivity contribution in [2.24, 2.45) is 0 Å². The summed E-state index contributed by atoms with van der Waals surface area (Å²) in [6.07, 6.45) is 1.82. The number of carbonyl (C=O) groups is 1. The average molecular weight is 273 g/mol. The van der Waals surface area contributed by atoms with Gasteiger partial charge in [0.15, 0.2) is 0 Å². The molecule has 2 rings (SSSR count). The number of likely N-dealkylation sites (tertiary alicyclic amines) is 1. The lowest BCUT2D eigenvalue weighted by molar-refractivity contribution is -0.00248. The Hall–Kier alpha value is -1.66. The van der Waals surface area contributed by atoms with E-state index in [4.69, 9.17) is 4.74 Å². The third kappa shape index (κ3) is 3.21. The molecule has 0 bridgehead atoms. The molecule has 1 N–H and O–H groups in total.